The van der Waals surface area contributed by atoms with Gasteiger partial charge in [0.05, 0.1) is 12.1 Å². The van der Waals surface area contributed by atoms with Crippen LogP contribution in [0.25, 0.3) is 0 Å². The molecule has 31 heteroatoms. The van der Waals surface area contributed by atoms with Gasteiger partial charge in [0.25, 0.3) is 0 Å². The average molecular weight is 1340 g/mol. The Morgan fingerprint density at radius 2 is 1.00 bits per heavy atom. The van der Waals surface area contributed by atoms with Crippen molar-refractivity contribution in [2.24, 2.45) is 45.1 Å². The lowest BCUT2D eigenvalue weighted by Gasteiger charge is -2.32. The van der Waals surface area contributed by atoms with Crippen LogP contribution < -0.4 is 72.0 Å². The van der Waals surface area contributed by atoms with Crippen molar-refractivity contribution in [3.8, 4) is 0 Å². The Bertz CT molecular complexity index is 3080. The molecular weight excluding hydrogens is 1250 g/mol. The number of nitrogens with zero attached hydrogens (tertiary/aromatic N) is 4. The number of primary amides is 3. The number of guanidine groups is 1. The zero-order chi connectivity index (χ0) is 69.7. The van der Waals surface area contributed by atoms with Gasteiger partial charge in [-0.15, -0.1) is 0 Å². The summed E-state index contributed by atoms with van der Waals surface area (Å²) >= 11 is 1.46. The van der Waals surface area contributed by atoms with Crippen LogP contribution in [0.5, 0.6) is 0 Å². The Labute approximate surface area is 557 Å². The second kappa shape index (κ2) is 39.0. The number of hydrogen-bond donors (Lipinski definition) is 13. The van der Waals surface area contributed by atoms with E-state index in [1.54, 1.807) is 60.7 Å². The molecule has 0 bridgehead atoms. The van der Waals surface area contributed by atoms with E-state index in [1.807, 2.05) is 6.26 Å². The molecule has 3 aliphatic rings. The van der Waals surface area contributed by atoms with Crippen molar-refractivity contribution in [3.05, 3.63) is 83.4 Å². The Balaban J connectivity index is 1.36. The highest BCUT2D eigenvalue weighted by Crippen LogP contribution is 2.25. The fraction of sp³-hybridized carbons (Fsp3) is 0.562. The molecule has 12 amide bonds. The number of thioether (sulfide) groups is 1. The lowest BCUT2D eigenvalue weighted by molar-refractivity contribution is -0.144. The van der Waals surface area contributed by atoms with Gasteiger partial charge in [0.2, 0.25) is 70.9 Å². The van der Waals surface area contributed by atoms with Crippen LogP contribution >= 0.6 is 11.8 Å². The molecule has 2 aromatic carbocycles. The minimum Gasteiger partial charge on any atom is -0.370 e. The van der Waals surface area contributed by atoms with Crippen LogP contribution in [0.3, 0.4) is 0 Å². The zero-order valence-corrected chi connectivity index (χ0v) is 55.0. The quantitative estimate of drug-likeness (QED) is 0.0139. The molecule has 10 atom stereocenters. The lowest BCUT2D eigenvalue weighted by Crippen LogP contribution is -2.60. The van der Waals surface area contributed by atoms with Crippen LogP contribution in [0.15, 0.2) is 77.3 Å². The van der Waals surface area contributed by atoms with Gasteiger partial charge in [-0.2, -0.15) is 11.8 Å². The van der Waals surface area contributed by atoms with Crippen LogP contribution in [0.1, 0.15) is 121 Å². The molecule has 0 spiro atoms. The lowest BCUT2D eigenvalue weighted by atomic mass is 10.0. The largest absolute Gasteiger partial charge is 0.370 e. The van der Waals surface area contributed by atoms with Crippen LogP contribution in [0.2, 0.25) is 0 Å². The Hall–Kier alpha value is -8.97. The third kappa shape index (κ3) is 24.4. The third-order valence-electron chi connectivity index (χ3n) is 16.8. The molecule has 95 heavy (non-hydrogen) atoms. The van der Waals surface area contributed by atoms with Gasteiger partial charge in [-0.1, -0.05) is 60.7 Å². The van der Waals surface area contributed by atoms with Gasteiger partial charge in [0, 0.05) is 57.4 Å². The standard InChI is InChI=1S/C64H95N17O13S/c1-38(55(86)73-42(54(69)85)28-34-95-2)35-51(82)48-21-12-31-79(48)63(94)47(37-40-17-7-4-8-18-40)78-58(89)46(36-39-15-5-3-6-16-39)77-57(88)43(24-26-52(67)83)74-56(87)44(25-27-53(68)84)75-59(90)50-23-14-33-81(50)62(93)45(20-9-10-29-65)76-60(91)49-22-13-32-80(49)61(92)41(66)19-11-30-72-64(70)71/h3-8,15-18,35,41-50H,9-14,19-34,36-37,65-66H2,1-2H3,(H2,67,83)(H2,68,84)(H2,69,85)(H,73,86)(H,74,87)(H,75,90)(H,76,91)(H,77,88)(H,78,89)(H4,70,71,72)/b38-35+/t41-,42-,43-,44-,45-,46-,47-,48-,49-,50-/m0/s1. The number of nitrogens with one attached hydrogen (secondary N) is 6. The number of ketones is 1. The first-order chi connectivity index (χ1) is 45.3. The fourth-order valence-corrected chi connectivity index (χ4v) is 12.2. The topological polar surface area (TPSA) is 498 Å². The molecule has 3 saturated heterocycles. The monoisotopic (exact) mass is 1340 g/mol. The predicted octanol–water partition coefficient (Wildman–Crippen LogP) is -2.85. The van der Waals surface area contributed by atoms with Crippen molar-refractivity contribution in [1.82, 2.24) is 46.6 Å². The summed E-state index contributed by atoms with van der Waals surface area (Å²) in [5.41, 5.74) is 40.7. The molecule has 0 aliphatic carbocycles. The summed E-state index contributed by atoms with van der Waals surface area (Å²) < 4.78 is 0. The molecule has 520 valence electrons. The normalized spacial score (nSPS) is 18.3. The Morgan fingerprint density at radius 1 is 0.537 bits per heavy atom. The van der Waals surface area contributed by atoms with Crippen molar-refractivity contribution in [2.45, 2.75) is 183 Å². The van der Waals surface area contributed by atoms with Gasteiger partial charge in [0.1, 0.15) is 48.3 Å². The molecule has 5 rings (SSSR count). The molecule has 0 aromatic heterocycles. The third-order valence-corrected chi connectivity index (χ3v) is 17.4. The molecule has 0 radical (unpaired) electrons. The van der Waals surface area contributed by atoms with Crippen LogP contribution in [0, 0.1) is 0 Å². The van der Waals surface area contributed by atoms with Crippen molar-refractivity contribution < 1.29 is 62.3 Å². The highest BCUT2D eigenvalue weighted by molar-refractivity contribution is 7.98. The van der Waals surface area contributed by atoms with Crippen LogP contribution in [-0.2, 0) is 75.2 Å². The molecular formula is C64H95N17O13S. The summed E-state index contributed by atoms with van der Waals surface area (Å²) in [6.45, 7) is 2.38. The summed E-state index contributed by atoms with van der Waals surface area (Å²) in [5.74, 6) is -9.27. The van der Waals surface area contributed by atoms with Gasteiger partial charge >= 0.3 is 0 Å². The summed E-state index contributed by atoms with van der Waals surface area (Å²) in [4.78, 5) is 187. The summed E-state index contributed by atoms with van der Waals surface area (Å²) in [6, 6.07) is 4.91. The molecule has 3 aliphatic heterocycles. The van der Waals surface area contributed by atoms with Crippen molar-refractivity contribution >= 4 is 94.4 Å². The minimum atomic E-state index is -1.64. The summed E-state index contributed by atoms with van der Waals surface area (Å²) in [6.07, 6.45) is 4.79. The molecule has 3 fully saturated rings. The van der Waals surface area contributed by atoms with Crippen molar-refractivity contribution in [3.63, 3.8) is 0 Å². The number of aliphatic imine (C=N–C) groups is 1. The Morgan fingerprint density at radius 3 is 1.52 bits per heavy atom. The van der Waals surface area contributed by atoms with Gasteiger partial charge in [-0.25, -0.2) is 0 Å². The number of hydrogen-bond acceptors (Lipinski definition) is 17. The average Bonchev–Trinajstić information content (AvgIpc) is 1.76. The first-order valence-corrected chi connectivity index (χ1v) is 33.6. The van der Waals surface area contributed by atoms with E-state index in [0.29, 0.717) is 61.8 Å². The minimum absolute atomic E-state index is 0.0243. The first-order valence-electron chi connectivity index (χ1n) is 32.2. The molecule has 20 N–H and O–H groups in total. The van der Waals surface area contributed by atoms with E-state index < -0.39 is 163 Å². The molecule has 0 saturated carbocycles. The van der Waals surface area contributed by atoms with E-state index in [9.17, 15) is 62.3 Å². The number of unbranched alkanes of at least 4 members (excludes halogenated alkanes) is 1. The highest BCUT2D eigenvalue weighted by Gasteiger charge is 2.43. The number of benzene rings is 2. The van der Waals surface area contributed by atoms with E-state index in [4.69, 9.17) is 40.1 Å². The van der Waals surface area contributed by atoms with Crippen LogP contribution in [-0.4, -0.2) is 202 Å². The highest BCUT2D eigenvalue weighted by atomic mass is 32.2. The molecule has 30 nitrogen and oxygen atoms in total. The maximum absolute atomic E-state index is 14.9. The van der Waals surface area contributed by atoms with E-state index in [-0.39, 0.29) is 89.2 Å². The molecule has 2 aromatic rings. The number of carbonyl (C=O) groups is 13. The number of nitrogens with two attached hydrogens (primary N) is 7. The summed E-state index contributed by atoms with van der Waals surface area (Å²) in [7, 11) is 0. The van der Waals surface area contributed by atoms with Gasteiger partial charge in [-0.05, 0) is 133 Å². The van der Waals surface area contributed by atoms with Gasteiger partial charge in [0.15, 0.2) is 11.7 Å². The van der Waals surface area contributed by atoms with E-state index >= 15 is 0 Å². The Kier molecular flexibility index (Phi) is 31.5. The van der Waals surface area contributed by atoms with E-state index in [2.05, 4.69) is 36.9 Å². The number of carbonyl (C=O) groups excluding carboxylic acids is 13. The zero-order valence-electron chi connectivity index (χ0n) is 54.1. The number of rotatable bonds is 39. The molecule has 0 unspecified atom stereocenters. The SMILES string of the molecule is CSCC[C@H](NC(=O)/C(C)=C/C(=O)[C@@H]1CCCN1C(=O)[C@H](Cc1ccccc1)NC(=O)[C@H](Cc1ccccc1)NC(=O)[C@H](CCC(N)=O)NC(=O)[C@H](CCC(N)=O)NC(=O)[C@@H]1CCCN1C(=O)[C@H](CCCCN)NC(=O)[C@@H]1CCCN1C(=O)[C@@H](N)CCCN=C(N)N)C(N)=O. The van der Waals surface area contributed by atoms with Gasteiger partial charge < -0.3 is 86.7 Å². The van der Waals surface area contributed by atoms with Crippen molar-refractivity contribution in [2.75, 3.05) is 44.7 Å². The summed E-state index contributed by atoms with van der Waals surface area (Å²) in [5, 5.41) is 16.1. The smallest absolute Gasteiger partial charge is 0.247 e. The maximum Gasteiger partial charge on any atom is 0.247 e. The van der Waals surface area contributed by atoms with Crippen LogP contribution in [0.4, 0.5) is 0 Å². The van der Waals surface area contributed by atoms with Crippen molar-refractivity contribution in [1.29, 1.82) is 0 Å². The maximum atomic E-state index is 14.9. The van der Waals surface area contributed by atoms with E-state index in [0.717, 1.165) is 6.08 Å². The fourth-order valence-electron chi connectivity index (χ4n) is 11.7. The molecule has 3 heterocycles. The second-order valence-corrected chi connectivity index (χ2v) is 25.0. The first kappa shape index (κ1) is 76.7. The van der Waals surface area contributed by atoms with E-state index in [1.165, 1.54) is 33.4 Å². The van der Waals surface area contributed by atoms with Gasteiger partial charge in [-0.3, -0.25) is 67.3 Å². The number of likely N-dealkylation sites (tertiary alicyclic amines) is 3. The predicted molar refractivity (Wildman–Crippen MR) is 355 cm³/mol. The number of amides is 12. The second-order valence-electron chi connectivity index (χ2n) is 24.0.